The Hall–Kier alpha value is -2.63. The Bertz CT molecular complexity index is 766. The van der Waals surface area contributed by atoms with Crippen LogP contribution in [0.15, 0.2) is 41.1 Å². The Kier molecular flexibility index (Phi) is 4.26. The maximum Gasteiger partial charge on any atom is 0.289 e. The molecule has 0 bridgehead atoms. The number of hydrogen-bond acceptors (Lipinski definition) is 4. The summed E-state index contributed by atoms with van der Waals surface area (Å²) >= 11 is 0. The molecular formula is C19H21N3O3. The highest BCUT2D eigenvalue weighted by molar-refractivity contribution is 5.93. The van der Waals surface area contributed by atoms with Crippen molar-refractivity contribution in [1.82, 2.24) is 15.2 Å². The second-order valence-electron chi connectivity index (χ2n) is 6.75. The zero-order chi connectivity index (χ0) is 17.2. The van der Waals surface area contributed by atoms with Gasteiger partial charge in [-0.2, -0.15) is 0 Å². The summed E-state index contributed by atoms with van der Waals surface area (Å²) in [7, 11) is 0. The molecule has 4 rings (SSSR count). The molecule has 3 heterocycles. The number of pyridine rings is 1. The van der Waals surface area contributed by atoms with Gasteiger partial charge in [0, 0.05) is 25.3 Å². The van der Waals surface area contributed by atoms with Crippen molar-refractivity contribution in [3.05, 3.63) is 53.7 Å². The quantitative estimate of drug-likeness (QED) is 0.932. The minimum absolute atomic E-state index is 0.0382. The molecule has 1 fully saturated rings. The summed E-state index contributed by atoms with van der Waals surface area (Å²) in [6, 6.07) is 7.35. The van der Waals surface area contributed by atoms with Crippen LogP contribution >= 0.6 is 0 Å². The molecule has 2 aromatic heterocycles. The fourth-order valence-corrected chi connectivity index (χ4v) is 3.77. The number of furan rings is 1. The number of fused-ring (bicyclic) bond motifs is 1. The third-order valence-electron chi connectivity index (χ3n) is 5.06. The summed E-state index contributed by atoms with van der Waals surface area (Å²) < 4.78 is 5.23. The molecule has 2 aromatic rings. The average molecular weight is 339 g/mol. The van der Waals surface area contributed by atoms with Crippen LogP contribution in [0, 0.1) is 0 Å². The van der Waals surface area contributed by atoms with Gasteiger partial charge in [0.1, 0.15) is 0 Å². The number of carbonyl (C=O) groups excluding carboxylic acids is 2. The van der Waals surface area contributed by atoms with Gasteiger partial charge in [-0.05, 0) is 36.6 Å². The first kappa shape index (κ1) is 15.9. The van der Waals surface area contributed by atoms with E-state index >= 15 is 0 Å². The van der Waals surface area contributed by atoms with Gasteiger partial charge in [0.25, 0.3) is 5.91 Å². The van der Waals surface area contributed by atoms with E-state index in [0.717, 1.165) is 36.9 Å². The molecule has 1 aliphatic carbocycles. The van der Waals surface area contributed by atoms with Crippen molar-refractivity contribution >= 4 is 11.8 Å². The molecule has 0 spiro atoms. The lowest BCUT2D eigenvalue weighted by atomic mass is 9.93. The van der Waals surface area contributed by atoms with Crippen LogP contribution in [-0.4, -0.2) is 34.3 Å². The average Bonchev–Trinajstić information content (AvgIpc) is 3.34. The fraction of sp³-hybridized carbons (Fsp3) is 0.421. The molecule has 25 heavy (non-hydrogen) atoms. The molecule has 0 radical (unpaired) electrons. The molecule has 1 aliphatic heterocycles. The van der Waals surface area contributed by atoms with Crippen molar-refractivity contribution in [2.24, 2.45) is 0 Å². The summed E-state index contributed by atoms with van der Waals surface area (Å²) in [5.74, 6) is -0.381. The van der Waals surface area contributed by atoms with Crippen molar-refractivity contribution in [2.75, 3.05) is 6.54 Å². The van der Waals surface area contributed by atoms with E-state index < -0.39 is 5.92 Å². The fourth-order valence-electron chi connectivity index (χ4n) is 3.77. The van der Waals surface area contributed by atoms with Gasteiger partial charge in [0.15, 0.2) is 5.76 Å². The summed E-state index contributed by atoms with van der Waals surface area (Å²) in [6.07, 6.45) is 7.57. The van der Waals surface area contributed by atoms with Crippen molar-refractivity contribution < 1.29 is 14.0 Å². The van der Waals surface area contributed by atoms with E-state index in [0.29, 0.717) is 18.8 Å². The van der Waals surface area contributed by atoms with Crippen LogP contribution in [0.2, 0.25) is 0 Å². The molecule has 1 unspecified atom stereocenters. The van der Waals surface area contributed by atoms with Crippen molar-refractivity contribution in [2.45, 2.75) is 44.2 Å². The van der Waals surface area contributed by atoms with Gasteiger partial charge < -0.3 is 14.6 Å². The third-order valence-corrected chi connectivity index (χ3v) is 5.06. The molecular weight excluding hydrogens is 318 g/mol. The summed E-state index contributed by atoms with van der Waals surface area (Å²) in [6.45, 7) is 0.762. The number of hydrogen-bond donors (Lipinski definition) is 1. The van der Waals surface area contributed by atoms with E-state index in [4.69, 9.17) is 4.42 Å². The molecule has 0 aromatic carbocycles. The van der Waals surface area contributed by atoms with Gasteiger partial charge in [-0.15, -0.1) is 0 Å². The van der Waals surface area contributed by atoms with Crippen LogP contribution in [-0.2, 0) is 11.3 Å². The summed E-state index contributed by atoms with van der Waals surface area (Å²) in [5.41, 5.74) is 1.70. The van der Waals surface area contributed by atoms with Crippen molar-refractivity contribution in [1.29, 1.82) is 0 Å². The van der Waals surface area contributed by atoms with E-state index in [-0.39, 0.29) is 17.9 Å². The van der Waals surface area contributed by atoms with Crippen LogP contribution in [0.1, 0.15) is 53.4 Å². The first-order valence-electron chi connectivity index (χ1n) is 8.79. The molecule has 2 amide bonds. The SMILES string of the molecule is O=C(NC1CCCC1)C1CN(C(=O)c2ccco2)Cc2cccnc21. The van der Waals surface area contributed by atoms with Crippen molar-refractivity contribution in [3.8, 4) is 0 Å². The minimum atomic E-state index is -0.440. The summed E-state index contributed by atoms with van der Waals surface area (Å²) in [5, 5.41) is 3.14. The second kappa shape index (κ2) is 6.70. The number of nitrogens with one attached hydrogen (secondary N) is 1. The van der Waals surface area contributed by atoms with Crippen LogP contribution < -0.4 is 5.32 Å². The number of rotatable bonds is 3. The van der Waals surface area contributed by atoms with E-state index in [9.17, 15) is 9.59 Å². The molecule has 130 valence electrons. The topological polar surface area (TPSA) is 75.4 Å². The van der Waals surface area contributed by atoms with Crippen LogP contribution in [0.4, 0.5) is 0 Å². The third kappa shape index (κ3) is 3.16. The standard InChI is InChI=1S/C19H21N3O3/c23-18(21-14-6-1-2-7-14)15-12-22(19(24)16-8-4-10-25-16)11-13-5-3-9-20-17(13)15/h3-5,8-10,14-15H,1-2,6-7,11-12H2,(H,21,23). The number of nitrogens with zero attached hydrogens (tertiary/aromatic N) is 2. The molecule has 0 saturated heterocycles. The lowest BCUT2D eigenvalue weighted by Gasteiger charge is -2.33. The first-order valence-corrected chi connectivity index (χ1v) is 8.79. The zero-order valence-corrected chi connectivity index (χ0v) is 14.0. The normalized spacial score (nSPS) is 20.3. The lowest BCUT2D eigenvalue weighted by Crippen LogP contribution is -2.46. The molecule has 1 N–H and O–H groups in total. The Labute approximate surface area is 146 Å². The molecule has 2 aliphatic rings. The second-order valence-corrected chi connectivity index (χ2v) is 6.75. The number of aromatic nitrogens is 1. The van der Waals surface area contributed by atoms with E-state index in [2.05, 4.69) is 10.3 Å². The Morgan fingerprint density at radius 2 is 2.04 bits per heavy atom. The monoisotopic (exact) mass is 339 g/mol. The Balaban J connectivity index is 1.58. The predicted octanol–water partition coefficient (Wildman–Crippen LogP) is 2.47. The highest BCUT2D eigenvalue weighted by Gasteiger charge is 2.35. The molecule has 6 heteroatoms. The lowest BCUT2D eigenvalue weighted by molar-refractivity contribution is -0.123. The molecule has 1 saturated carbocycles. The van der Waals surface area contributed by atoms with Gasteiger partial charge in [-0.1, -0.05) is 18.9 Å². The van der Waals surface area contributed by atoms with Crippen molar-refractivity contribution in [3.63, 3.8) is 0 Å². The van der Waals surface area contributed by atoms with Gasteiger partial charge in [0.2, 0.25) is 5.91 Å². The van der Waals surface area contributed by atoms with Gasteiger partial charge in [-0.3, -0.25) is 14.6 Å². The molecule has 6 nitrogen and oxygen atoms in total. The van der Waals surface area contributed by atoms with Crippen LogP contribution in [0.3, 0.4) is 0 Å². The van der Waals surface area contributed by atoms with Crippen LogP contribution in [0.5, 0.6) is 0 Å². The minimum Gasteiger partial charge on any atom is -0.459 e. The molecule has 1 atom stereocenters. The first-order chi connectivity index (χ1) is 12.2. The maximum absolute atomic E-state index is 12.9. The number of carbonyl (C=O) groups is 2. The smallest absolute Gasteiger partial charge is 0.289 e. The van der Waals surface area contributed by atoms with Gasteiger partial charge in [-0.25, -0.2) is 0 Å². The predicted molar refractivity (Wildman–Crippen MR) is 90.8 cm³/mol. The Morgan fingerprint density at radius 3 is 2.80 bits per heavy atom. The van der Waals surface area contributed by atoms with Gasteiger partial charge in [0.05, 0.1) is 17.9 Å². The van der Waals surface area contributed by atoms with E-state index in [1.54, 1.807) is 23.2 Å². The summed E-state index contributed by atoms with van der Waals surface area (Å²) in [4.78, 5) is 31.6. The number of amides is 2. The zero-order valence-electron chi connectivity index (χ0n) is 14.0. The Morgan fingerprint density at radius 1 is 1.20 bits per heavy atom. The maximum atomic E-state index is 12.9. The largest absolute Gasteiger partial charge is 0.459 e. The highest BCUT2D eigenvalue weighted by Crippen LogP contribution is 2.29. The van der Waals surface area contributed by atoms with E-state index in [1.807, 2.05) is 12.1 Å². The van der Waals surface area contributed by atoms with Gasteiger partial charge >= 0.3 is 0 Å². The highest BCUT2D eigenvalue weighted by atomic mass is 16.3. The van der Waals surface area contributed by atoms with E-state index in [1.165, 1.54) is 6.26 Å². The van der Waals surface area contributed by atoms with Crippen LogP contribution in [0.25, 0.3) is 0 Å².